The van der Waals surface area contributed by atoms with Gasteiger partial charge in [-0.1, -0.05) is 23.2 Å². The molecule has 0 spiro atoms. The molecule has 2 nitrogen and oxygen atoms in total. The number of hydrogen-bond acceptors (Lipinski definition) is 2. The highest BCUT2D eigenvalue weighted by molar-refractivity contribution is 6.33. The molecule has 1 N–H and O–H groups in total. The molecule has 0 radical (unpaired) electrons. The smallest absolute Gasteiger partial charge is 0.0495 e. The zero-order valence-electron chi connectivity index (χ0n) is 9.88. The van der Waals surface area contributed by atoms with Crippen LogP contribution in [0, 0.1) is 5.92 Å². The molecule has 0 aromatic heterocycles. The Morgan fingerprint density at radius 1 is 1.47 bits per heavy atom. The van der Waals surface area contributed by atoms with Crippen molar-refractivity contribution in [2.75, 3.05) is 20.3 Å². The summed E-state index contributed by atoms with van der Waals surface area (Å²) >= 11 is 12.2. The molecular weight excluding hydrogens is 257 g/mol. The van der Waals surface area contributed by atoms with E-state index in [4.69, 9.17) is 27.9 Å². The molecule has 1 fully saturated rings. The number of halogens is 2. The molecule has 0 saturated carbocycles. The summed E-state index contributed by atoms with van der Waals surface area (Å²) in [7, 11) is 1.96. The number of hydrogen-bond donors (Lipinski definition) is 1. The van der Waals surface area contributed by atoms with Gasteiger partial charge in [-0.3, -0.25) is 0 Å². The molecule has 4 heteroatoms. The Morgan fingerprint density at radius 2 is 2.29 bits per heavy atom. The van der Waals surface area contributed by atoms with Gasteiger partial charge in [-0.05, 0) is 49.6 Å². The van der Waals surface area contributed by atoms with Gasteiger partial charge in [-0.15, -0.1) is 0 Å². The number of nitrogens with one attached hydrogen (secondary N) is 1. The third-order valence-corrected chi connectivity index (χ3v) is 3.85. The molecule has 1 aliphatic rings. The monoisotopic (exact) mass is 273 g/mol. The van der Waals surface area contributed by atoms with E-state index >= 15 is 0 Å². The predicted octanol–water partition coefficient (Wildman–Crippen LogP) is 3.68. The highest BCUT2D eigenvalue weighted by Crippen LogP contribution is 2.32. The second-order valence-electron chi connectivity index (χ2n) is 4.47. The maximum absolute atomic E-state index is 6.23. The molecule has 2 unspecified atom stereocenters. The van der Waals surface area contributed by atoms with E-state index in [1.54, 1.807) is 0 Å². The molecule has 0 bridgehead atoms. The van der Waals surface area contributed by atoms with E-state index in [2.05, 4.69) is 5.32 Å². The Hall–Kier alpha value is -0.280. The molecule has 1 heterocycles. The molecule has 1 saturated heterocycles. The fourth-order valence-corrected chi connectivity index (χ4v) is 2.71. The maximum atomic E-state index is 6.23. The average molecular weight is 274 g/mol. The zero-order chi connectivity index (χ0) is 12.3. The highest BCUT2D eigenvalue weighted by atomic mass is 35.5. The Balaban J connectivity index is 2.13. The van der Waals surface area contributed by atoms with Crippen LogP contribution in [0.1, 0.15) is 24.4 Å². The standard InChI is InChI=1S/C13H17Cl2NO/c1-16-13(6-9-4-5-17-8-9)11-7-10(14)2-3-12(11)15/h2-3,7,9,13,16H,4-6,8H2,1H3. The second-order valence-corrected chi connectivity index (χ2v) is 5.32. The van der Waals surface area contributed by atoms with Gasteiger partial charge in [-0.2, -0.15) is 0 Å². The lowest BCUT2D eigenvalue weighted by molar-refractivity contribution is 0.181. The Kier molecular flexibility index (Phi) is 4.69. The van der Waals surface area contributed by atoms with Crippen molar-refractivity contribution in [1.29, 1.82) is 0 Å². The lowest BCUT2D eigenvalue weighted by atomic mass is 9.94. The van der Waals surface area contributed by atoms with Crippen molar-refractivity contribution in [2.24, 2.45) is 5.92 Å². The van der Waals surface area contributed by atoms with Crippen LogP contribution in [0.3, 0.4) is 0 Å². The van der Waals surface area contributed by atoms with Gasteiger partial charge < -0.3 is 10.1 Å². The minimum atomic E-state index is 0.243. The van der Waals surface area contributed by atoms with E-state index < -0.39 is 0 Å². The van der Waals surface area contributed by atoms with Crippen LogP contribution in [-0.4, -0.2) is 20.3 Å². The van der Waals surface area contributed by atoms with Crippen molar-refractivity contribution >= 4 is 23.2 Å². The fraction of sp³-hybridized carbons (Fsp3) is 0.538. The second kappa shape index (κ2) is 6.05. The van der Waals surface area contributed by atoms with Crippen LogP contribution in [0.4, 0.5) is 0 Å². The van der Waals surface area contributed by atoms with E-state index in [9.17, 15) is 0 Å². The van der Waals surface area contributed by atoms with Crippen LogP contribution in [0.25, 0.3) is 0 Å². The zero-order valence-corrected chi connectivity index (χ0v) is 11.4. The first-order valence-electron chi connectivity index (χ1n) is 5.90. The molecule has 0 aliphatic carbocycles. The topological polar surface area (TPSA) is 21.3 Å². The molecule has 1 aliphatic heterocycles. The largest absolute Gasteiger partial charge is 0.381 e. The first-order chi connectivity index (χ1) is 8.20. The van der Waals surface area contributed by atoms with Crippen LogP contribution in [0.2, 0.25) is 10.0 Å². The van der Waals surface area contributed by atoms with Gasteiger partial charge in [0.05, 0.1) is 0 Å². The summed E-state index contributed by atoms with van der Waals surface area (Å²) in [6, 6.07) is 5.86. The quantitative estimate of drug-likeness (QED) is 0.904. The van der Waals surface area contributed by atoms with Crippen LogP contribution >= 0.6 is 23.2 Å². The van der Waals surface area contributed by atoms with Gasteiger partial charge in [0.15, 0.2) is 0 Å². The molecule has 1 aromatic rings. The number of benzene rings is 1. The molecule has 2 rings (SSSR count). The maximum Gasteiger partial charge on any atom is 0.0495 e. The highest BCUT2D eigenvalue weighted by Gasteiger charge is 2.22. The van der Waals surface area contributed by atoms with Crippen molar-refractivity contribution in [3.63, 3.8) is 0 Å². The molecular formula is C13H17Cl2NO. The average Bonchev–Trinajstić information content (AvgIpc) is 2.82. The SMILES string of the molecule is CNC(CC1CCOC1)c1cc(Cl)ccc1Cl. The predicted molar refractivity (Wildman–Crippen MR) is 71.8 cm³/mol. The van der Waals surface area contributed by atoms with Gasteiger partial charge in [-0.25, -0.2) is 0 Å². The summed E-state index contributed by atoms with van der Waals surface area (Å²) in [5.74, 6) is 0.613. The molecule has 94 valence electrons. The van der Waals surface area contributed by atoms with Crippen LogP contribution < -0.4 is 5.32 Å². The van der Waals surface area contributed by atoms with E-state index in [-0.39, 0.29) is 6.04 Å². The lowest BCUT2D eigenvalue weighted by Gasteiger charge is -2.21. The third kappa shape index (κ3) is 3.35. The van der Waals surface area contributed by atoms with Crippen LogP contribution in [0.15, 0.2) is 18.2 Å². The van der Waals surface area contributed by atoms with Crippen molar-refractivity contribution in [3.8, 4) is 0 Å². The minimum Gasteiger partial charge on any atom is -0.381 e. The molecule has 17 heavy (non-hydrogen) atoms. The van der Waals surface area contributed by atoms with Gasteiger partial charge in [0, 0.05) is 29.3 Å². The first-order valence-corrected chi connectivity index (χ1v) is 6.66. The summed E-state index contributed by atoms with van der Waals surface area (Å²) in [5.41, 5.74) is 1.08. The van der Waals surface area contributed by atoms with E-state index in [0.29, 0.717) is 5.92 Å². The van der Waals surface area contributed by atoms with Gasteiger partial charge in [0.25, 0.3) is 0 Å². The van der Waals surface area contributed by atoms with Gasteiger partial charge in [0.1, 0.15) is 0 Å². The number of rotatable bonds is 4. The fourth-order valence-electron chi connectivity index (χ4n) is 2.28. The van der Waals surface area contributed by atoms with Crippen molar-refractivity contribution in [2.45, 2.75) is 18.9 Å². The summed E-state index contributed by atoms with van der Waals surface area (Å²) < 4.78 is 5.41. The van der Waals surface area contributed by atoms with Crippen molar-refractivity contribution in [1.82, 2.24) is 5.32 Å². The third-order valence-electron chi connectivity index (χ3n) is 3.27. The van der Waals surface area contributed by atoms with Gasteiger partial charge >= 0.3 is 0 Å². The normalized spacial score (nSPS) is 21.7. The van der Waals surface area contributed by atoms with E-state index in [1.807, 2.05) is 25.2 Å². The Labute approximate surface area is 112 Å². The summed E-state index contributed by atoms with van der Waals surface area (Å²) in [6.07, 6.45) is 2.17. The van der Waals surface area contributed by atoms with Gasteiger partial charge in [0.2, 0.25) is 0 Å². The van der Waals surface area contributed by atoms with Crippen LogP contribution in [-0.2, 0) is 4.74 Å². The van der Waals surface area contributed by atoms with E-state index in [1.165, 1.54) is 0 Å². The van der Waals surface area contributed by atoms with E-state index in [0.717, 1.165) is 41.7 Å². The summed E-state index contributed by atoms with van der Waals surface area (Å²) in [5, 5.41) is 4.81. The molecule has 1 aromatic carbocycles. The summed E-state index contributed by atoms with van der Waals surface area (Å²) in [4.78, 5) is 0. The van der Waals surface area contributed by atoms with Crippen molar-refractivity contribution < 1.29 is 4.74 Å². The Bertz CT molecular complexity index is 378. The number of ether oxygens (including phenoxy) is 1. The first kappa shape index (κ1) is 13.2. The molecule has 2 atom stereocenters. The Morgan fingerprint density at radius 3 is 2.94 bits per heavy atom. The lowest BCUT2D eigenvalue weighted by Crippen LogP contribution is -2.20. The van der Waals surface area contributed by atoms with Crippen molar-refractivity contribution in [3.05, 3.63) is 33.8 Å². The molecule has 0 amide bonds. The van der Waals surface area contributed by atoms with Crippen LogP contribution in [0.5, 0.6) is 0 Å². The summed E-state index contributed by atoms with van der Waals surface area (Å²) in [6.45, 7) is 1.74. The minimum absolute atomic E-state index is 0.243.